The predicted octanol–water partition coefficient (Wildman–Crippen LogP) is 3.40. The van der Waals surface area contributed by atoms with Crippen molar-refractivity contribution in [3.8, 4) is 5.75 Å². The minimum absolute atomic E-state index is 0.131. The van der Waals surface area contributed by atoms with Crippen LogP contribution in [0.25, 0.3) is 0 Å². The summed E-state index contributed by atoms with van der Waals surface area (Å²) in [6.07, 6.45) is 0. The van der Waals surface area contributed by atoms with Crippen LogP contribution in [-0.4, -0.2) is 24.7 Å². The van der Waals surface area contributed by atoms with Crippen LogP contribution in [0.15, 0.2) is 12.1 Å². The van der Waals surface area contributed by atoms with E-state index in [0.717, 1.165) is 30.8 Å². The Kier molecular flexibility index (Phi) is 7.87. The van der Waals surface area contributed by atoms with E-state index in [9.17, 15) is 5.11 Å². The third-order valence-corrected chi connectivity index (χ3v) is 4.16. The third kappa shape index (κ3) is 4.70. The zero-order valence-corrected chi connectivity index (χ0v) is 15.0. The molecule has 1 rings (SSSR count). The van der Waals surface area contributed by atoms with E-state index in [4.69, 9.17) is 0 Å². The summed E-state index contributed by atoms with van der Waals surface area (Å²) >= 11 is 0. The van der Waals surface area contributed by atoms with Crippen LogP contribution in [0.2, 0.25) is 0 Å². The highest BCUT2D eigenvalue weighted by atomic mass is 16.3. The van der Waals surface area contributed by atoms with Gasteiger partial charge in [-0.25, -0.2) is 0 Å². The molecule has 0 fully saturated rings. The molecule has 0 aliphatic heterocycles. The molecular weight excluding hydrogens is 274 g/mol. The Hall–Kier alpha value is -1.10. The highest BCUT2D eigenvalue weighted by Gasteiger charge is 2.19. The molecule has 0 aliphatic carbocycles. The number of aromatic hydroxyl groups is 1. The molecule has 3 unspecified atom stereocenters. The van der Waals surface area contributed by atoms with Crippen molar-refractivity contribution in [1.82, 2.24) is 16.0 Å². The first kappa shape index (κ1) is 18.9. The summed E-state index contributed by atoms with van der Waals surface area (Å²) in [5.74, 6) is 0.411. The monoisotopic (exact) mass is 307 g/mol. The Morgan fingerprint density at radius 2 is 1.14 bits per heavy atom. The summed E-state index contributed by atoms with van der Waals surface area (Å²) in [5, 5.41) is 21.0. The zero-order valence-electron chi connectivity index (χ0n) is 15.0. The minimum Gasteiger partial charge on any atom is -0.507 e. The van der Waals surface area contributed by atoms with Crippen LogP contribution in [0.3, 0.4) is 0 Å². The maximum Gasteiger partial charge on any atom is 0.125 e. The quantitative estimate of drug-likeness (QED) is 0.565. The molecule has 0 amide bonds. The number of nitrogens with one attached hydrogen (secondary N) is 3. The molecule has 0 saturated carbocycles. The Bertz CT molecular complexity index is 429. The van der Waals surface area contributed by atoms with E-state index < -0.39 is 0 Å². The van der Waals surface area contributed by atoms with Crippen LogP contribution < -0.4 is 16.0 Å². The van der Waals surface area contributed by atoms with Gasteiger partial charge in [0.05, 0.1) is 0 Å². The largest absolute Gasteiger partial charge is 0.507 e. The molecule has 22 heavy (non-hydrogen) atoms. The van der Waals surface area contributed by atoms with Gasteiger partial charge in [-0.2, -0.15) is 0 Å². The van der Waals surface area contributed by atoms with E-state index in [0.29, 0.717) is 5.75 Å². The molecule has 4 heteroatoms. The van der Waals surface area contributed by atoms with E-state index in [2.05, 4.69) is 69.6 Å². The number of phenols is 1. The molecule has 0 spiro atoms. The van der Waals surface area contributed by atoms with Crippen LogP contribution in [0, 0.1) is 0 Å². The average Bonchev–Trinajstić information content (AvgIpc) is 2.48. The van der Waals surface area contributed by atoms with Gasteiger partial charge in [0.1, 0.15) is 5.75 Å². The van der Waals surface area contributed by atoms with Gasteiger partial charge in [-0.3, -0.25) is 0 Å². The van der Waals surface area contributed by atoms with Gasteiger partial charge in [0, 0.05) is 29.3 Å². The zero-order chi connectivity index (χ0) is 16.7. The first-order chi connectivity index (χ1) is 10.5. The van der Waals surface area contributed by atoms with Gasteiger partial charge in [0.2, 0.25) is 0 Å². The number of hydrogen-bond donors (Lipinski definition) is 4. The molecular formula is C18H33N3O. The van der Waals surface area contributed by atoms with Crippen molar-refractivity contribution >= 4 is 0 Å². The molecule has 1 aromatic rings. The van der Waals surface area contributed by atoms with Crippen molar-refractivity contribution in [1.29, 1.82) is 0 Å². The lowest BCUT2D eigenvalue weighted by Crippen LogP contribution is -2.23. The number of hydrogen-bond acceptors (Lipinski definition) is 4. The summed E-state index contributed by atoms with van der Waals surface area (Å²) in [4.78, 5) is 0. The van der Waals surface area contributed by atoms with E-state index >= 15 is 0 Å². The van der Waals surface area contributed by atoms with Gasteiger partial charge in [0.25, 0.3) is 0 Å². The summed E-state index contributed by atoms with van der Waals surface area (Å²) in [7, 11) is 0. The molecule has 4 N–H and O–H groups in total. The Morgan fingerprint density at radius 1 is 0.773 bits per heavy atom. The molecule has 1 aromatic carbocycles. The van der Waals surface area contributed by atoms with Gasteiger partial charge in [-0.15, -0.1) is 0 Å². The topological polar surface area (TPSA) is 56.3 Å². The highest BCUT2D eigenvalue weighted by molar-refractivity contribution is 5.47. The summed E-state index contributed by atoms with van der Waals surface area (Å²) in [5.41, 5.74) is 3.17. The van der Waals surface area contributed by atoms with Crippen LogP contribution in [0.5, 0.6) is 5.75 Å². The van der Waals surface area contributed by atoms with Gasteiger partial charge in [0.15, 0.2) is 0 Å². The van der Waals surface area contributed by atoms with Gasteiger partial charge < -0.3 is 21.1 Å². The highest BCUT2D eigenvalue weighted by Crippen LogP contribution is 2.35. The number of rotatable bonds is 9. The number of phenolic OH excluding ortho intramolecular Hbond substituents is 1. The van der Waals surface area contributed by atoms with E-state index in [1.165, 1.54) is 5.56 Å². The van der Waals surface area contributed by atoms with Gasteiger partial charge >= 0.3 is 0 Å². The maximum absolute atomic E-state index is 10.7. The predicted molar refractivity (Wildman–Crippen MR) is 94.4 cm³/mol. The smallest absolute Gasteiger partial charge is 0.125 e. The second-order valence-corrected chi connectivity index (χ2v) is 5.89. The van der Waals surface area contributed by atoms with Crippen LogP contribution >= 0.6 is 0 Å². The van der Waals surface area contributed by atoms with Crippen molar-refractivity contribution < 1.29 is 5.11 Å². The van der Waals surface area contributed by atoms with Crippen molar-refractivity contribution in [3.05, 3.63) is 28.8 Å². The van der Waals surface area contributed by atoms with Crippen LogP contribution in [0.4, 0.5) is 0 Å². The number of benzene rings is 1. The van der Waals surface area contributed by atoms with Gasteiger partial charge in [-0.05, 0) is 58.1 Å². The molecule has 0 aromatic heterocycles. The molecule has 126 valence electrons. The molecule has 0 saturated heterocycles. The molecule has 0 bridgehead atoms. The molecule has 0 aliphatic rings. The van der Waals surface area contributed by atoms with E-state index in [1.807, 2.05) is 0 Å². The molecule has 3 atom stereocenters. The normalized spacial score (nSPS) is 15.5. The van der Waals surface area contributed by atoms with Crippen molar-refractivity contribution in [2.45, 2.75) is 59.7 Å². The lowest BCUT2D eigenvalue weighted by Gasteiger charge is -2.24. The van der Waals surface area contributed by atoms with Crippen LogP contribution in [0.1, 0.15) is 76.4 Å². The fourth-order valence-corrected chi connectivity index (χ4v) is 2.87. The third-order valence-electron chi connectivity index (χ3n) is 4.16. The summed E-state index contributed by atoms with van der Waals surface area (Å²) in [6.45, 7) is 15.3. The Morgan fingerprint density at radius 3 is 1.50 bits per heavy atom. The minimum atomic E-state index is 0.131. The fraction of sp³-hybridized carbons (Fsp3) is 0.667. The standard InChI is InChI=1S/C18H33N3O/c1-7-19-12(4)15-10-16(13(5)20-8-2)18(22)17(11-15)14(6)21-9-3/h10-14,19-22H,7-9H2,1-6H3. The first-order valence-corrected chi connectivity index (χ1v) is 8.52. The molecule has 0 radical (unpaired) electrons. The second kappa shape index (κ2) is 9.13. The Labute approximate surface area is 135 Å². The van der Waals surface area contributed by atoms with Crippen LogP contribution in [-0.2, 0) is 0 Å². The van der Waals surface area contributed by atoms with Crippen molar-refractivity contribution in [2.24, 2.45) is 0 Å². The van der Waals surface area contributed by atoms with Gasteiger partial charge in [-0.1, -0.05) is 20.8 Å². The Balaban J connectivity index is 3.29. The SMILES string of the molecule is CCNC(C)c1cc(C(C)NCC)c(O)c(C(C)NCC)c1. The fourth-order valence-electron chi connectivity index (χ4n) is 2.87. The lowest BCUT2D eigenvalue weighted by atomic mass is 9.93. The van der Waals surface area contributed by atoms with Crippen molar-refractivity contribution in [3.63, 3.8) is 0 Å². The maximum atomic E-state index is 10.7. The summed E-state index contributed by atoms with van der Waals surface area (Å²) in [6, 6.07) is 4.78. The van der Waals surface area contributed by atoms with E-state index in [1.54, 1.807) is 0 Å². The first-order valence-electron chi connectivity index (χ1n) is 8.52. The molecule has 0 heterocycles. The summed E-state index contributed by atoms with van der Waals surface area (Å²) < 4.78 is 0. The molecule has 4 nitrogen and oxygen atoms in total. The van der Waals surface area contributed by atoms with Crippen molar-refractivity contribution in [2.75, 3.05) is 19.6 Å². The second-order valence-electron chi connectivity index (χ2n) is 5.89. The average molecular weight is 307 g/mol. The van der Waals surface area contributed by atoms with E-state index in [-0.39, 0.29) is 18.1 Å². The lowest BCUT2D eigenvalue weighted by molar-refractivity contribution is 0.435.